The predicted molar refractivity (Wildman–Crippen MR) is 89.4 cm³/mol. The van der Waals surface area contributed by atoms with Crippen molar-refractivity contribution in [1.82, 2.24) is 4.90 Å². The van der Waals surface area contributed by atoms with Crippen LogP contribution in [0.25, 0.3) is 0 Å². The average molecular weight is 301 g/mol. The van der Waals surface area contributed by atoms with Gasteiger partial charge < -0.3 is 4.90 Å². The van der Waals surface area contributed by atoms with Crippen molar-refractivity contribution in [2.45, 2.75) is 54.4 Å². The molecule has 1 aromatic rings. The quantitative estimate of drug-likeness (QED) is 0.782. The van der Waals surface area contributed by atoms with Crippen LogP contribution in [0.2, 0.25) is 0 Å². The summed E-state index contributed by atoms with van der Waals surface area (Å²) in [6, 6.07) is 0. The number of hydrogen-bond donors (Lipinski definition) is 0. The molecule has 3 nitrogen and oxygen atoms in total. The second kappa shape index (κ2) is 6.23. The molecule has 120 valence electrons. The topological polar surface area (TPSA) is 37.4 Å². The van der Waals surface area contributed by atoms with Crippen LogP contribution in [-0.2, 0) is 4.79 Å². The van der Waals surface area contributed by atoms with E-state index in [2.05, 4.69) is 34.6 Å². The number of piperidine rings is 1. The molecule has 1 aromatic carbocycles. The van der Waals surface area contributed by atoms with E-state index in [0.29, 0.717) is 13.1 Å². The Balaban J connectivity index is 2.30. The summed E-state index contributed by atoms with van der Waals surface area (Å²) in [5.74, 6) is 0.430. The van der Waals surface area contributed by atoms with E-state index in [9.17, 15) is 9.59 Å². The minimum atomic E-state index is 0.0505. The van der Waals surface area contributed by atoms with Crippen LogP contribution in [0.4, 0.5) is 0 Å². The Labute approximate surface area is 133 Å². The molecule has 0 bridgehead atoms. The van der Waals surface area contributed by atoms with Gasteiger partial charge in [-0.3, -0.25) is 9.59 Å². The molecule has 1 heterocycles. The van der Waals surface area contributed by atoms with Crippen LogP contribution in [0.1, 0.15) is 57.9 Å². The third-order valence-corrected chi connectivity index (χ3v) is 5.56. The summed E-state index contributed by atoms with van der Waals surface area (Å²) in [5, 5.41) is 0. The van der Waals surface area contributed by atoms with Crippen LogP contribution in [0.3, 0.4) is 0 Å². The lowest BCUT2D eigenvalue weighted by Gasteiger charge is -2.31. The molecule has 0 radical (unpaired) electrons. The maximum absolute atomic E-state index is 13.0. The van der Waals surface area contributed by atoms with Crippen LogP contribution < -0.4 is 0 Å². The highest BCUT2D eigenvalue weighted by Crippen LogP contribution is 2.30. The van der Waals surface area contributed by atoms with Crippen molar-refractivity contribution in [1.29, 1.82) is 0 Å². The van der Waals surface area contributed by atoms with Crippen LogP contribution in [0, 0.1) is 40.5 Å². The van der Waals surface area contributed by atoms with Crippen molar-refractivity contribution in [3.63, 3.8) is 0 Å². The standard InChI is InChI=1S/C19H27NO2/c1-11-12(2)14(4)18(15(5)13(11)3)19(22)17-7-9-20(10-8-17)16(6)21/h17H,7-10H2,1-6H3. The predicted octanol–water partition coefficient (Wildman–Crippen LogP) is 3.67. The molecule has 1 amide bonds. The van der Waals surface area contributed by atoms with Gasteiger partial charge in [-0.05, 0) is 75.3 Å². The van der Waals surface area contributed by atoms with Crippen molar-refractivity contribution in [3.8, 4) is 0 Å². The Bertz CT molecular complexity index is 594. The molecule has 0 aliphatic carbocycles. The minimum absolute atomic E-state index is 0.0505. The van der Waals surface area contributed by atoms with Gasteiger partial charge >= 0.3 is 0 Å². The van der Waals surface area contributed by atoms with Gasteiger partial charge in [-0.2, -0.15) is 0 Å². The van der Waals surface area contributed by atoms with Crippen LogP contribution >= 0.6 is 0 Å². The highest BCUT2D eigenvalue weighted by atomic mass is 16.2. The second-order valence-corrected chi connectivity index (χ2v) is 6.64. The third kappa shape index (κ3) is 2.81. The number of rotatable bonds is 2. The van der Waals surface area contributed by atoms with E-state index in [0.717, 1.165) is 29.5 Å². The SMILES string of the molecule is CC(=O)N1CCC(C(=O)c2c(C)c(C)c(C)c(C)c2C)CC1. The van der Waals surface area contributed by atoms with Crippen molar-refractivity contribution < 1.29 is 9.59 Å². The van der Waals surface area contributed by atoms with Crippen molar-refractivity contribution >= 4 is 11.7 Å². The number of amides is 1. The van der Waals surface area contributed by atoms with Crippen molar-refractivity contribution in [2.24, 2.45) is 5.92 Å². The molecule has 0 N–H and O–H groups in total. The van der Waals surface area contributed by atoms with E-state index in [-0.39, 0.29) is 17.6 Å². The molecule has 1 saturated heterocycles. The number of likely N-dealkylation sites (tertiary alicyclic amines) is 1. The highest BCUT2D eigenvalue weighted by molar-refractivity contribution is 6.01. The number of hydrogen-bond acceptors (Lipinski definition) is 2. The van der Waals surface area contributed by atoms with Gasteiger partial charge in [0.25, 0.3) is 0 Å². The Morgan fingerprint density at radius 3 is 1.64 bits per heavy atom. The van der Waals surface area contributed by atoms with E-state index < -0.39 is 0 Å². The Hall–Kier alpha value is -1.64. The van der Waals surface area contributed by atoms with Gasteiger partial charge in [-0.1, -0.05) is 0 Å². The number of carbonyl (C=O) groups is 2. The molecule has 1 aliphatic heterocycles. The molecule has 0 saturated carbocycles. The number of ketones is 1. The smallest absolute Gasteiger partial charge is 0.219 e. The van der Waals surface area contributed by atoms with Crippen LogP contribution in [-0.4, -0.2) is 29.7 Å². The lowest BCUT2D eigenvalue weighted by atomic mass is 9.81. The maximum Gasteiger partial charge on any atom is 0.219 e. The Morgan fingerprint density at radius 2 is 1.23 bits per heavy atom. The van der Waals surface area contributed by atoms with E-state index in [1.54, 1.807) is 6.92 Å². The molecule has 1 fully saturated rings. The summed E-state index contributed by atoms with van der Waals surface area (Å²) < 4.78 is 0. The number of benzene rings is 1. The fourth-order valence-corrected chi connectivity index (χ4v) is 3.53. The van der Waals surface area contributed by atoms with E-state index in [1.165, 1.54) is 16.7 Å². The van der Waals surface area contributed by atoms with E-state index in [1.807, 2.05) is 4.90 Å². The zero-order valence-corrected chi connectivity index (χ0v) is 14.7. The first-order valence-corrected chi connectivity index (χ1v) is 8.12. The van der Waals surface area contributed by atoms with Crippen molar-refractivity contribution in [2.75, 3.05) is 13.1 Å². The monoisotopic (exact) mass is 301 g/mol. The minimum Gasteiger partial charge on any atom is -0.343 e. The molecule has 2 rings (SSSR count). The number of carbonyl (C=O) groups excluding carboxylic acids is 2. The van der Waals surface area contributed by atoms with Gasteiger partial charge in [-0.15, -0.1) is 0 Å². The molecular formula is C19H27NO2. The fourth-order valence-electron chi connectivity index (χ4n) is 3.53. The summed E-state index contributed by atoms with van der Waals surface area (Å²) in [5.41, 5.74) is 6.92. The maximum atomic E-state index is 13.0. The summed E-state index contributed by atoms with van der Waals surface area (Å²) in [6.45, 7) is 13.5. The molecule has 0 unspecified atom stereocenters. The normalized spacial score (nSPS) is 16.0. The van der Waals surface area contributed by atoms with Gasteiger partial charge in [0.1, 0.15) is 0 Å². The van der Waals surface area contributed by atoms with E-state index in [4.69, 9.17) is 0 Å². The Morgan fingerprint density at radius 1 is 0.818 bits per heavy atom. The zero-order chi connectivity index (χ0) is 16.6. The lowest BCUT2D eigenvalue weighted by Crippen LogP contribution is -2.39. The van der Waals surface area contributed by atoms with E-state index >= 15 is 0 Å². The summed E-state index contributed by atoms with van der Waals surface area (Å²) in [6.07, 6.45) is 1.56. The summed E-state index contributed by atoms with van der Waals surface area (Å²) in [4.78, 5) is 26.3. The lowest BCUT2D eigenvalue weighted by molar-refractivity contribution is -0.130. The molecular weight excluding hydrogens is 274 g/mol. The van der Waals surface area contributed by atoms with Gasteiger partial charge in [-0.25, -0.2) is 0 Å². The first-order valence-electron chi connectivity index (χ1n) is 8.12. The zero-order valence-electron chi connectivity index (χ0n) is 14.7. The molecule has 0 atom stereocenters. The first kappa shape index (κ1) is 16.7. The molecule has 1 aliphatic rings. The average Bonchev–Trinajstić information content (AvgIpc) is 2.51. The highest BCUT2D eigenvalue weighted by Gasteiger charge is 2.29. The largest absolute Gasteiger partial charge is 0.343 e. The van der Waals surface area contributed by atoms with Gasteiger partial charge in [0.15, 0.2) is 5.78 Å². The fraction of sp³-hybridized carbons (Fsp3) is 0.579. The number of nitrogens with zero attached hydrogens (tertiary/aromatic N) is 1. The Kier molecular flexibility index (Phi) is 4.74. The van der Waals surface area contributed by atoms with Crippen LogP contribution in [0.5, 0.6) is 0 Å². The van der Waals surface area contributed by atoms with Crippen molar-refractivity contribution in [3.05, 3.63) is 33.4 Å². The molecule has 3 heteroatoms. The first-order chi connectivity index (χ1) is 10.3. The molecule has 22 heavy (non-hydrogen) atoms. The van der Waals surface area contributed by atoms with Gasteiger partial charge in [0.05, 0.1) is 0 Å². The van der Waals surface area contributed by atoms with Gasteiger partial charge in [0.2, 0.25) is 5.91 Å². The third-order valence-electron chi connectivity index (χ3n) is 5.56. The van der Waals surface area contributed by atoms with Gasteiger partial charge in [0, 0.05) is 31.5 Å². The van der Waals surface area contributed by atoms with Crippen LogP contribution in [0.15, 0.2) is 0 Å². The number of Topliss-reactive ketones (excluding diaryl/α,β-unsaturated/α-hetero) is 1. The summed E-state index contributed by atoms with van der Waals surface area (Å²) in [7, 11) is 0. The summed E-state index contributed by atoms with van der Waals surface area (Å²) >= 11 is 0. The molecule has 0 aromatic heterocycles. The molecule has 0 spiro atoms. The second-order valence-electron chi connectivity index (χ2n) is 6.64.